The van der Waals surface area contributed by atoms with Crippen molar-refractivity contribution in [3.05, 3.63) is 64.2 Å². The van der Waals surface area contributed by atoms with Gasteiger partial charge in [0.25, 0.3) is 5.91 Å². The van der Waals surface area contributed by atoms with Crippen molar-refractivity contribution in [2.45, 2.75) is 19.8 Å². The highest BCUT2D eigenvalue weighted by atomic mass is 35.5. The van der Waals surface area contributed by atoms with Crippen molar-refractivity contribution in [3.8, 4) is 0 Å². The predicted octanol–water partition coefficient (Wildman–Crippen LogP) is 4.41. The van der Waals surface area contributed by atoms with Gasteiger partial charge in [-0.25, -0.2) is 4.79 Å². The maximum Gasteiger partial charge on any atom is 0.337 e. The minimum atomic E-state index is -1.15. The number of amides is 1. The van der Waals surface area contributed by atoms with E-state index < -0.39 is 5.97 Å². The summed E-state index contributed by atoms with van der Waals surface area (Å²) in [6, 6.07) is 11.5. The van der Waals surface area contributed by atoms with Crippen LogP contribution in [0.15, 0.2) is 42.5 Å². The Labute approximate surface area is 133 Å². The number of hydrogen-bond donors (Lipinski definition) is 2. The Bertz CT molecular complexity index is 708. The molecule has 0 unspecified atom stereocenters. The number of carbonyl (C=O) groups excluding carboxylic acids is 1. The number of carboxylic acids is 1. The second-order valence-electron chi connectivity index (χ2n) is 5.23. The van der Waals surface area contributed by atoms with Crippen LogP contribution in [0.1, 0.15) is 46.0 Å². The van der Waals surface area contributed by atoms with Crippen LogP contribution in [-0.2, 0) is 0 Å². The molecule has 0 saturated carbocycles. The van der Waals surface area contributed by atoms with Crippen molar-refractivity contribution >= 4 is 29.2 Å². The Kier molecular flexibility index (Phi) is 4.83. The smallest absolute Gasteiger partial charge is 0.337 e. The molecule has 2 rings (SSSR count). The van der Waals surface area contributed by atoms with Gasteiger partial charge in [-0.1, -0.05) is 37.6 Å². The fraction of sp³-hybridized carbons (Fsp3) is 0.176. The Balaban J connectivity index is 2.23. The average Bonchev–Trinajstić information content (AvgIpc) is 2.48. The van der Waals surface area contributed by atoms with E-state index in [-0.39, 0.29) is 17.2 Å². The van der Waals surface area contributed by atoms with Gasteiger partial charge in [-0.3, -0.25) is 4.79 Å². The van der Waals surface area contributed by atoms with Crippen molar-refractivity contribution in [3.63, 3.8) is 0 Å². The van der Waals surface area contributed by atoms with Gasteiger partial charge in [0.1, 0.15) is 0 Å². The van der Waals surface area contributed by atoms with Crippen LogP contribution in [-0.4, -0.2) is 17.0 Å². The molecule has 0 spiro atoms. The van der Waals surface area contributed by atoms with Crippen LogP contribution in [0, 0.1) is 0 Å². The molecule has 0 aliphatic carbocycles. The first-order valence-electron chi connectivity index (χ1n) is 6.82. The molecule has 2 aromatic carbocycles. The topological polar surface area (TPSA) is 66.4 Å². The highest BCUT2D eigenvalue weighted by Crippen LogP contribution is 2.22. The highest BCUT2D eigenvalue weighted by Gasteiger charge is 2.14. The van der Waals surface area contributed by atoms with Gasteiger partial charge in [-0.15, -0.1) is 0 Å². The van der Waals surface area contributed by atoms with Crippen LogP contribution < -0.4 is 5.32 Å². The molecule has 4 nitrogen and oxygen atoms in total. The summed E-state index contributed by atoms with van der Waals surface area (Å²) in [5.74, 6) is -1.12. The first kappa shape index (κ1) is 16.0. The summed E-state index contributed by atoms with van der Waals surface area (Å²) in [5.41, 5.74) is 1.78. The summed E-state index contributed by atoms with van der Waals surface area (Å²) < 4.78 is 0. The molecule has 0 heterocycles. The van der Waals surface area contributed by atoms with E-state index >= 15 is 0 Å². The minimum Gasteiger partial charge on any atom is -0.478 e. The monoisotopic (exact) mass is 317 g/mol. The zero-order valence-electron chi connectivity index (χ0n) is 12.3. The summed E-state index contributed by atoms with van der Waals surface area (Å²) >= 11 is 5.79. The van der Waals surface area contributed by atoms with Crippen LogP contribution in [0.25, 0.3) is 0 Å². The molecule has 0 aliphatic rings. The predicted molar refractivity (Wildman–Crippen MR) is 86.9 cm³/mol. The molecule has 0 fully saturated rings. The SMILES string of the molecule is CC(C)c1ccc(C(=O)Nc2ccc(Cl)cc2C(=O)O)cc1. The number of halogens is 1. The first-order chi connectivity index (χ1) is 10.4. The highest BCUT2D eigenvalue weighted by molar-refractivity contribution is 6.31. The zero-order valence-corrected chi connectivity index (χ0v) is 13.0. The molecule has 0 saturated heterocycles. The van der Waals surface area contributed by atoms with Gasteiger partial charge in [0.15, 0.2) is 0 Å². The third kappa shape index (κ3) is 3.65. The summed E-state index contributed by atoms with van der Waals surface area (Å²) in [4.78, 5) is 23.4. The van der Waals surface area contributed by atoms with Gasteiger partial charge < -0.3 is 10.4 Å². The second-order valence-corrected chi connectivity index (χ2v) is 5.66. The van der Waals surface area contributed by atoms with Gasteiger partial charge >= 0.3 is 5.97 Å². The third-order valence-electron chi connectivity index (χ3n) is 3.30. The lowest BCUT2D eigenvalue weighted by molar-refractivity contribution is 0.0698. The third-order valence-corrected chi connectivity index (χ3v) is 3.53. The van der Waals surface area contributed by atoms with E-state index in [9.17, 15) is 9.59 Å². The Morgan fingerprint density at radius 1 is 1.09 bits per heavy atom. The minimum absolute atomic E-state index is 0.0420. The number of benzene rings is 2. The number of rotatable bonds is 4. The number of aromatic carboxylic acids is 1. The van der Waals surface area contributed by atoms with Gasteiger partial charge in [0, 0.05) is 10.6 Å². The van der Waals surface area contributed by atoms with Crippen LogP contribution in [0.5, 0.6) is 0 Å². The Hall–Kier alpha value is -2.33. The number of anilines is 1. The lowest BCUT2D eigenvalue weighted by Gasteiger charge is -2.10. The van der Waals surface area contributed by atoms with E-state index in [2.05, 4.69) is 19.2 Å². The molecule has 0 aromatic heterocycles. The van der Waals surface area contributed by atoms with Gasteiger partial charge in [0.2, 0.25) is 0 Å². The summed E-state index contributed by atoms with van der Waals surface area (Å²) in [5, 5.41) is 12.1. The molecule has 0 bridgehead atoms. The van der Waals surface area contributed by atoms with Crippen LogP contribution in [0.4, 0.5) is 5.69 Å². The van der Waals surface area contributed by atoms with Gasteiger partial charge in [-0.2, -0.15) is 0 Å². The Morgan fingerprint density at radius 3 is 2.27 bits per heavy atom. The summed E-state index contributed by atoms with van der Waals surface area (Å²) in [7, 11) is 0. The van der Waals surface area contributed by atoms with E-state index in [0.29, 0.717) is 16.5 Å². The lowest BCUT2D eigenvalue weighted by Crippen LogP contribution is -2.14. The van der Waals surface area contributed by atoms with Crippen molar-refractivity contribution in [2.75, 3.05) is 5.32 Å². The molecule has 5 heteroatoms. The molecule has 114 valence electrons. The van der Waals surface area contributed by atoms with Crippen LogP contribution in [0.2, 0.25) is 5.02 Å². The molecule has 2 aromatic rings. The molecule has 0 atom stereocenters. The maximum atomic E-state index is 12.2. The number of carboxylic acid groups (broad SMARTS) is 1. The van der Waals surface area contributed by atoms with Crippen molar-refractivity contribution in [2.24, 2.45) is 0 Å². The van der Waals surface area contributed by atoms with E-state index in [1.807, 2.05) is 12.1 Å². The molecular weight excluding hydrogens is 302 g/mol. The number of carbonyl (C=O) groups is 2. The first-order valence-corrected chi connectivity index (χ1v) is 7.20. The van der Waals surface area contributed by atoms with Crippen LogP contribution >= 0.6 is 11.6 Å². The van der Waals surface area contributed by atoms with Gasteiger partial charge in [-0.05, 0) is 41.8 Å². The van der Waals surface area contributed by atoms with Crippen molar-refractivity contribution in [1.29, 1.82) is 0 Å². The van der Waals surface area contributed by atoms with Crippen molar-refractivity contribution < 1.29 is 14.7 Å². The normalized spacial score (nSPS) is 10.5. The van der Waals surface area contributed by atoms with E-state index in [1.165, 1.54) is 18.2 Å². The van der Waals surface area contributed by atoms with E-state index in [4.69, 9.17) is 16.7 Å². The molecule has 0 radical (unpaired) electrons. The van der Waals surface area contributed by atoms with E-state index in [1.54, 1.807) is 12.1 Å². The quantitative estimate of drug-likeness (QED) is 0.877. The zero-order chi connectivity index (χ0) is 16.3. The van der Waals surface area contributed by atoms with Crippen LogP contribution in [0.3, 0.4) is 0 Å². The fourth-order valence-corrected chi connectivity index (χ4v) is 2.19. The molecule has 0 aliphatic heterocycles. The standard InChI is InChI=1S/C17H16ClNO3/c1-10(2)11-3-5-12(6-4-11)16(20)19-15-8-7-13(18)9-14(15)17(21)22/h3-10H,1-2H3,(H,19,20)(H,21,22). The molecule has 1 amide bonds. The molecule has 2 N–H and O–H groups in total. The largest absolute Gasteiger partial charge is 0.478 e. The number of hydrogen-bond acceptors (Lipinski definition) is 2. The molecular formula is C17H16ClNO3. The number of nitrogens with one attached hydrogen (secondary N) is 1. The summed E-state index contributed by atoms with van der Waals surface area (Å²) in [6.07, 6.45) is 0. The summed E-state index contributed by atoms with van der Waals surface area (Å²) in [6.45, 7) is 4.14. The van der Waals surface area contributed by atoms with Crippen molar-refractivity contribution in [1.82, 2.24) is 0 Å². The average molecular weight is 318 g/mol. The maximum absolute atomic E-state index is 12.2. The Morgan fingerprint density at radius 2 is 1.73 bits per heavy atom. The van der Waals surface area contributed by atoms with Gasteiger partial charge in [0.05, 0.1) is 11.3 Å². The van der Waals surface area contributed by atoms with E-state index in [0.717, 1.165) is 5.56 Å². The molecule has 22 heavy (non-hydrogen) atoms. The fourth-order valence-electron chi connectivity index (χ4n) is 2.02. The lowest BCUT2D eigenvalue weighted by atomic mass is 10.0. The second kappa shape index (κ2) is 6.62.